The van der Waals surface area contributed by atoms with Gasteiger partial charge in [0.05, 0.1) is 0 Å². The van der Waals surface area contributed by atoms with Crippen molar-refractivity contribution in [1.82, 2.24) is 5.06 Å². The van der Waals surface area contributed by atoms with Crippen LogP contribution in [0.3, 0.4) is 0 Å². The van der Waals surface area contributed by atoms with Gasteiger partial charge in [0.15, 0.2) is 0 Å². The Balaban J connectivity index is 2.07. The summed E-state index contributed by atoms with van der Waals surface area (Å²) in [7, 11) is 0. The zero-order chi connectivity index (χ0) is 7.40. The van der Waals surface area contributed by atoms with Crippen LogP contribution in [-0.2, 0) is 9.63 Å². The van der Waals surface area contributed by atoms with Gasteiger partial charge in [-0.2, -0.15) is 5.06 Å². The van der Waals surface area contributed by atoms with Gasteiger partial charge in [-0.1, -0.05) is 0 Å². The molecule has 0 unspecified atom stereocenters. The molecule has 1 amide bonds. The van der Waals surface area contributed by atoms with Gasteiger partial charge < -0.3 is 5.73 Å². The normalized spacial score (nSPS) is 19.6. The van der Waals surface area contributed by atoms with E-state index in [0.717, 1.165) is 25.9 Å². The number of nitrogens with two attached hydrogens (primary N) is 1. The third-order valence-corrected chi connectivity index (χ3v) is 1.45. The van der Waals surface area contributed by atoms with Gasteiger partial charge in [0.1, 0.15) is 6.61 Å². The summed E-state index contributed by atoms with van der Waals surface area (Å²) in [5, 5.41) is 1.78. The lowest BCUT2D eigenvalue weighted by Crippen LogP contribution is -2.27. The molecule has 1 heterocycles. The van der Waals surface area contributed by atoms with Gasteiger partial charge in [0.2, 0.25) is 5.91 Å². The molecule has 58 valence electrons. The standard InChI is InChI=1S/C6H12N2O2/c7-6(9)5-10-8-3-1-2-4-8/h1-5H2,(H2,7,9). The molecular formula is C6H12N2O2. The first-order valence-electron chi connectivity index (χ1n) is 3.45. The summed E-state index contributed by atoms with van der Waals surface area (Å²) in [6.07, 6.45) is 2.30. The van der Waals surface area contributed by atoms with Crippen molar-refractivity contribution in [3.8, 4) is 0 Å². The van der Waals surface area contributed by atoms with Crippen molar-refractivity contribution in [2.45, 2.75) is 12.8 Å². The molecule has 0 aliphatic carbocycles. The fourth-order valence-electron chi connectivity index (χ4n) is 0.972. The molecule has 0 aromatic rings. The van der Waals surface area contributed by atoms with E-state index in [-0.39, 0.29) is 6.61 Å². The summed E-state index contributed by atoms with van der Waals surface area (Å²) in [5.74, 6) is -0.410. The highest BCUT2D eigenvalue weighted by molar-refractivity contribution is 5.74. The van der Waals surface area contributed by atoms with Crippen LogP contribution >= 0.6 is 0 Å². The highest BCUT2D eigenvalue weighted by atomic mass is 16.7. The maximum atomic E-state index is 10.2. The third kappa shape index (κ3) is 2.33. The third-order valence-electron chi connectivity index (χ3n) is 1.45. The minimum absolute atomic E-state index is 0.0139. The lowest BCUT2D eigenvalue weighted by Gasteiger charge is -2.12. The second-order valence-corrected chi connectivity index (χ2v) is 2.38. The van der Waals surface area contributed by atoms with E-state index in [0.29, 0.717) is 0 Å². The molecule has 1 rings (SSSR count). The quantitative estimate of drug-likeness (QED) is 0.581. The fourth-order valence-corrected chi connectivity index (χ4v) is 0.972. The first-order valence-corrected chi connectivity index (χ1v) is 3.45. The number of nitrogens with zero attached hydrogens (tertiary/aromatic N) is 1. The molecule has 0 saturated carbocycles. The predicted molar refractivity (Wildman–Crippen MR) is 36.0 cm³/mol. The summed E-state index contributed by atoms with van der Waals surface area (Å²) in [6, 6.07) is 0. The summed E-state index contributed by atoms with van der Waals surface area (Å²) in [5.41, 5.74) is 4.88. The molecule has 2 N–H and O–H groups in total. The molecule has 0 atom stereocenters. The van der Waals surface area contributed by atoms with Crippen LogP contribution in [0.25, 0.3) is 0 Å². The molecule has 1 aliphatic rings. The smallest absolute Gasteiger partial charge is 0.245 e. The van der Waals surface area contributed by atoms with E-state index < -0.39 is 5.91 Å². The van der Waals surface area contributed by atoms with E-state index in [9.17, 15) is 4.79 Å². The number of hydrogen-bond acceptors (Lipinski definition) is 3. The van der Waals surface area contributed by atoms with Gasteiger partial charge in [-0.05, 0) is 12.8 Å². The van der Waals surface area contributed by atoms with Gasteiger partial charge >= 0.3 is 0 Å². The van der Waals surface area contributed by atoms with Crippen LogP contribution in [0, 0.1) is 0 Å². The Morgan fingerprint density at radius 2 is 2.10 bits per heavy atom. The van der Waals surface area contributed by atoms with Gasteiger partial charge in [-0.3, -0.25) is 9.63 Å². The minimum Gasteiger partial charge on any atom is -0.368 e. The Morgan fingerprint density at radius 3 is 2.60 bits per heavy atom. The van der Waals surface area contributed by atoms with Crippen LogP contribution in [0.5, 0.6) is 0 Å². The van der Waals surface area contributed by atoms with Crippen LogP contribution in [0.1, 0.15) is 12.8 Å². The van der Waals surface area contributed by atoms with Crippen molar-refractivity contribution >= 4 is 5.91 Å². The fraction of sp³-hybridized carbons (Fsp3) is 0.833. The van der Waals surface area contributed by atoms with Gasteiger partial charge in [-0.15, -0.1) is 0 Å². The van der Waals surface area contributed by atoms with Gasteiger partial charge in [0.25, 0.3) is 0 Å². The molecule has 1 aliphatic heterocycles. The van der Waals surface area contributed by atoms with Crippen molar-refractivity contribution in [2.24, 2.45) is 5.73 Å². The number of primary amides is 1. The zero-order valence-electron chi connectivity index (χ0n) is 5.88. The zero-order valence-corrected chi connectivity index (χ0v) is 5.88. The number of hydrogen-bond donors (Lipinski definition) is 1. The Labute approximate surface area is 59.9 Å². The van der Waals surface area contributed by atoms with E-state index in [1.165, 1.54) is 0 Å². The molecule has 10 heavy (non-hydrogen) atoms. The number of carbonyl (C=O) groups is 1. The van der Waals surface area contributed by atoms with E-state index in [1.807, 2.05) is 0 Å². The van der Waals surface area contributed by atoms with Crippen LogP contribution in [0.15, 0.2) is 0 Å². The van der Waals surface area contributed by atoms with Crippen LogP contribution in [0.2, 0.25) is 0 Å². The second kappa shape index (κ2) is 3.53. The molecule has 4 nitrogen and oxygen atoms in total. The Kier molecular flexibility index (Phi) is 2.65. The van der Waals surface area contributed by atoms with Crippen molar-refractivity contribution in [3.63, 3.8) is 0 Å². The monoisotopic (exact) mass is 144 g/mol. The number of amides is 1. The average Bonchev–Trinajstić information content (AvgIpc) is 2.34. The Bertz CT molecular complexity index is 121. The van der Waals surface area contributed by atoms with E-state index in [1.54, 1.807) is 5.06 Å². The molecule has 0 aromatic heterocycles. The maximum absolute atomic E-state index is 10.2. The highest BCUT2D eigenvalue weighted by Gasteiger charge is 2.11. The van der Waals surface area contributed by atoms with E-state index >= 15 is 0 Å². The van der Waals surface area contributed by atoms with Gasteiger partial charge in [0, 0.05) is 13.1 Å². The van der Waals surface area contributed by atoms with E-state index in [2.05, 4.69) is 0 Å². The largest absolute Gasteiger partial charge is 0.368 e. The average molecular weight is 144 g/mol. The molecule has 0 spiro atoms. The van der Waals surface area contributed by atoms with Crippen molar-refractivity contribution in [3.05, 3.63) is 0 Å². The van der Waals surface area contributed by atoms with Crippen LogP contribution < -0.4 is 5.73 Å². The van der Waals surface area contributed by atoms with Crippen LogP contribution in [0.4, 0.5) is 0 Å². The molecule has 4 heteroatoms. The SMILES string of the molecule is NC(=O)CON1CCCC1. The van der Waals surface area contributed by atoms with Crippen molar-refractivity contribution < 1.29 is 9.63 Å². The Hall–Kier alpha value is -0.610. The summed E-state index contributed by atoms with van der Waals surface area (Å²) in [6.45, 7) is 1.86. The van der Waals surface area contributed by atoms with Crippen molar-refractivity contribution in [2.75, 3.05) is 19.7 Å². The maximum Gasteiger partial charge on any atom is 0.245 e. The van der Waals surface area contributed by atoms with Crippen LogP contribution in [-0.4, -0.2) is 30.7 Å². The first-order chi connectivity index (χ1) is 4.79. The minimum atomic E-state index is -0.410. The van der Waals surface area contributed by atoms with Crippen molar-refractivity contribution in [1.29, 1.82) is 0 Å². The number of hydroxylamine groups is 2. The molecule has 0 aromatic carbocycles. The summed E-state index contributed by atoms with van der Waals surface area (Å²) in [4.78, 5) is 15.2. The molecular weight excluding hydrogens is 132 g/mol. The predicted octanol–water partition coefficient (Wildman–Crippen LogP) is -0.501. The number of carbonyl (C=O) groups excluding carboxylic acids is 1. The topological polar surface area (TPSA) is 55.6 Å². The molecule has 0 radical (unpaired) electrons. The second-order valence-electron chi connectivity index (χ2n) is 2.38. The summed E-state index contributed by atoms with van der Waals surface area (Å²) < 4.78 is 0. The Morgan fingerprint density at radius 1 is 1.50 bits per heavy atom. The first kappa shape index (κ1) is 7.50. The van der Waals surface area contributed by atoms with E-state index in [4.69, 9.17) is 10.6 Å². The molecule has 1 fully saturated rings. The molecule has 1 saturated heterocycles. The lowest BCUT2D eigenvalue weighted by molar-refractivity contribution is -0.158. The highest BCUT2D eigenvalue weighted by Crippen LogP contribution is 2.06. The number of rotatable bonds is 3. The molecule has 0 bridgehead atoms. The summed E-state index contributed by atoms with van der Waals surface area (Å²) >= 11 is 0. The lowest BCUT2D eigenvalue weighted by atomic mass is 10.4. The van der Waals surface area contributed by atoms with Gasteiger partial charge in [-0.25, -0.2) is 0 Å².